The van der Waals surface area contributed by atoms with Crippen molar-refractivity contribution in [2.45, 2.75) is 0 Å². The molecule has 0 saturated carbocycles. The van der Waals surface area contributed by atoms with Crippen LogP contribution in [0.15, 0.2) is 40.9 Å². The number of anilines is 1. The number of hydrogen-bond donors (Lipinski definition) is 2. The quantitative estimate of drug-likeness (QED) is 0.815. The molecule has 0 radical (unpaired) electrons. The molecule has 0 heterocycles. The van der Waals surface area contributed by atoms with Crippen LogP contribution in [0.4, 0.5) is 5.69 Å². The van der Waals surface area contributed by atoms with Crippen molar-refractivity contribution in [1.82, 2.24) is 0 Å². The fourth-order valence-electron chi connectivity index (χ4n) is 1.59. The van der Waals surface area contributed by atoms with Gasteiger partial charge in [-0.3, -0.25) is 4.79 Å². The van der Waals surface area contributed by atoms with Crippen molar-refractivity contribution < 1.29 is 14.6 Å². The van der Waals surface area contributed by atoms with Gasteiger partial charge < -0.3 is 15.2 Å². The van der Waals surface area contributed by atoms with Crippen molar-refractivity contribution in [2.24, 2.45) is 0 Å². The molecule has 0 fully saturated rings. The Morgan fingerprint density at radius 1 is 1.30 bits per heavy atom. The van der Waals surface area contributed by atoms with E-state index in [9.17, 15) is 9.90 Å². The molecule has 2 aromatic rings. The van der Waals surface area contributed by atoms with Crippen LogP contribution < -0.4 is 10.1 Å². The molecule has 2 N–H and O–H groups in total. The van der Waals surface area contributed by atoms with E-state index in [-0.39, 0.29) is 16.7 Å². The second-order valence-electron chi connectivity index (χ2n) is 3.97. The van der Waals surface area contributed by atoms with Gasteiger partial charge in [0.2, 0.25) is 0 Å². The first kappa shape index (κ1) is 14.7. The second-order valence-corrected chi connectivity index (χ2v) is 5.23. The zero-order chi connectivity index (χ0) is 14.7. The van der Waals surface area contributed by atoms with Crippen molar-refractivity contribution in [1.29, 1.82) is 0 Å². The standard InChI is InChI=1S/C14H11BrClNO3/c1-20-9-3-4-11(15)10(7-9)14(19)17-8-2-5-13(18)12(16)6-8/h2-7,18H,1H3,(H,17,19). The number of hydrogen-bond acceptors (Lipinski definition) is 3. The summed E-state index contributed by atoms with van der Waals surface area (Å²) in [6.45, 7) is 0. The van der Waals surface area contributed by atoms with Crippen LogP contribution in [-0.4, -0.2) is 18.1 Å². The topological polar surface area (TPSA) is 58.6 Å². The summed E-state index contributed by atoms with van der Waals surface area (Å²) >= 11 is 9.11. The smallest absolute Gasteiger partial charge is 0.256 e. The van der Waals surface area contributed by atoms with Crippen LogP contribution in [-0.2, 0) is 0 Å². The molecular weight excluding hydrogens is 346 g/mol. The minimum absolute atomic E-state index is 0.0350. The molecule has 0 aliphatic rings. The maximum absolute atomic E-state index is 12.2. The maximum Gasteiger partial charge on any atom is 0.256 e. The highest BCUT2D eigenvalue weighted by Crippen LogP contribution is 2.27. The number of amides is 1. The van der Waals surface area contributed by atoms with Gasteiger partial charge in [0, 0.05) is 10.2 Å². The molecule has 0 aliphatic carbocycles. The summed E-state index contributed by atoms with van der Waals surface area (Å²) in [5.41, 5.74) is 0.932. The highest BCUT2D eigenvalue weighted by atomic mass is 79.9. The predicted octanol–water partition coefficient (Wildman–Crippen LogP) is 4.07. The second kappa shape index (κ2) is 6.15. The van der Waals surface area contributed by atoms with Crippen LogP contribution in [0.5, 0.6) is 11.5 Å². The molecular formula is C14H11BrClNO3. The van der Waals surface area contributed by atoms with E-state index >= 15 is 0 Å². The van der Waals surface area contributed by atoms with Gasteiger partial charge in [-0.2, -0.15) is 0 Å². The third-order valence-corrected chi connectivity index (χ3v) is 3.62. The molecule has 20 heavy (non-hydrogen) atoms. The van der Waals surface area contributed by atoms with Crippen molar-refractivity contribution in [3.05, 3.63) is 51.5 Å². The Balaban J connectivity index is 2.25. The van der Waals surface area contributed by atoms with Gasteiger partial charge in [0.25, 0.3) is 5.91 Å². The number of aromatic hydroxyl groups is 1. The van der Waals surface area contributed by atoms with E-state index < -0.39 is 0 Å². The number of ether oxygens (including phenoxy) is 1. The highest BCUT2D eigenvalue weighted by Gasteiger charge is 2.12. The van der Waals surface area contributed by atoms with Crippen LogP contribution in [0.25, 0.3) is 0 Å². The van der Waals surface area contributed by atoms with Crippen LogP contribution in [0, 0.1) is 0 Å². The SMILES string of the molecule is COc1ccc(Br)c(C(=O)Nc2ccc(O)c(Cl)c2)c1. The molecule has 0 saturated heterocycles. The van der Waals surface area contributed by atoms with Gasteiger partial charge in [-0.1, -0.05) is 11.6 Å². The highest BCUT2D eigenvalue weighted by molar-refractivity contribution is 9.10. The lowest BCUT2D eigenvalue weighted by molar-refractivity contribution is 0.102. The lowest BCUT2D eigenvalue weighted by Crippen LogP contribution is -2.12. The summed E-state index contributed by atoms with van der Waals surface area (Å²) < 4.78 is 5.74. The molecule has 2 rings (SSSR count). The molecule has 104 valence electrons. The van der Waals surface area contributed by atoms with E-state index in [0.717, 1.165) is 0 Å². The molecule has 6 heteroatoms. The van der Waals surface area contributed by atoms with Gasteiger partial charge >= 0.3 is 0 Å². The molecule has 0 bridgehead atoms. The number of benzene rings is 2. The van der Waals surface area contributed by atoms with Gasteiger partial charge in [-0.25, -0.2) is 0 Å². The molecule has 4 nitrogen and oxygen atoms in total. The lowest BCUT2D eigenvalue weighted by atomic mass is 10.2. The minimum atomic E-state index is -0.308. The van der Waals surface area contributed by atoms with Gasteiger partial charge in [0.05, 0.1) is 17.7 Å². The number of carbonyl (C=O) groups is 1. The third-order valence-electron chi connectivity index (χ3n) is 2.62. The number of halogens is 2. The summed E-state index contributed by atoms with van der Waals surface area (Å²) in [5, 5.41) is 12.2. The molecule has 0 unspecified atom stereocenters. The van der Waals surface area contributed by atoms with Crippen LogP contribution >= 0.6 is 27.5 Å². The van der Waals surface area contributed by atoms with E-state index in [1.165, 1.54) is 19.2 Å². The summed E-state index contributed by atoms with van der Waals surface area (Å²) in [6.07, 6.45) is 0. The van der Waals surface area contributed by atoms with E-state index in [1.807, 2.05) is 0 Å². The maximum atomic E-state index is 12.2. The monoisotopic (exact) mass is 355 g/mol. The number of carbonyl (C=O) groups excluding carboxylic acids is 1. The number of nitrogens with one attached hydrogen (secondary N) is 1. The first-order chi connectivity index (χ1) is 9.51. The van der Waals surface area contributed by atoms with E-state index in [1.54, 1.807) is 24.3 Å². The van der Waals surface area contributed by atoms with Crippen molar-refractivity contribution in [3.63, 3.8) is 0 Å². The molecule has 0 spiro atoms. The van der Waals surface area contributed by atoms with Gasteiger partial charge in [0.1, 0.15) is 11.5 Å². The van der Waals surface area contributed by atoms with E-state index in [4.69, 9.17) is 16.3 Å². The summed E-state index contributed by atoms with van der Waals surface area (Å²) in [5.74, 6) is 0.242. The molecule has 2 aromatic carbocycles. The van der Waals surface area contributed by atoms with Crippen LogP contribution in [0.3, 0.4) is 0 Å². The summed E-state index contributed by atoms with van der Waals surface area (Å²) in [6, 6.07) is 9.56. The first-order valence-electron chi connectivity index (χ1n) is 5.64. The summed E-state index contributed by atoms with van der Waals surface area (Å²) in [7, 11) is 1.53. The van der Waals surface area contributed by atoms with Crippen molar-refractivity contribution in [2.75, 3.05) is 12.4 Å². The molecule has 0 aliphatic heterocycles. The Morgan fingerprint density at radius 3 is 2.70 bits per heavy atom. The Morgan fingerprint density at radius 2 is 2.05 bits per heavy atom. The molecule has 0 atom stereocenters. The van der Waals surface area contributed by atoms with Crippen LogP contribution in [0.1, 0.15) is 10.4 Å². The normalized spacial score (nSPS) is 10.2. The number of phenolic OH excluding ortho intramolecular Hbond substituents is 1. The Bertz CT molecular complexity index is 661. The van der Waals surface area contributed by atoms with Gasteiger partial charge in [-0.05, 0) is 52.3 Å². The zero-order valence-electron chi connectivity index (χ0n) is 10.5. The minimum Gasteiger partial charge on any atom is -0.506 e. The van der Waals surface area contributed by atoms with Gasteiger partial charge in [-0.15, -0.1) is 0 Å². The zero-order valence-corrected chi connectivity index (χ0v) is 12.8. The number of rotatable bonds is 3. The largest absolute Gasteiger partial charge is 0.506 e. The Labute approximate surface area is 129 Å². The third kappa shape index (κ3) is 3.23. The fraction of sp³-hybridized carbons (Fsp3) is 0.0714. The average molecular weight is 357 g/mol. The average Bonchev–Trinajstić information content (AvgIpc) is 2.43. The summed E-state index contributed by atoms with van der Waals surface area (Å²) in [4.78, 5) is 12.2. The molecule has 0 aromatic heterocycles. The van der Waals surface area contributed by atoms with Gasteiger partial charge in [0.15, 0.2) is 0 Å². The van der Waals surface area contributed by atoms with Crippen molar-refractivity contribution in [3.8, 4) is 11.5 Å². The van der Waals surface area contributed by atoms with E-state index in [2.05, 4.69) is 21.2 Å². The van der Waals surface area contributed by atoms with E-state index in [0.29, 0.717) is 21.5 Å². The fourth-order valence-corrected chi connectivity index (χ4v) is 2.20. The number of phenols is 1. The Hall–Kier alpha value is -1.72. The molecule has 1 amide bonds. The van der Waals surface area contributed by atoms with Crippen molar-refractivity contribution >= 4 is 39.1 Å². The first-order valence-corrected chi connectivity index (χ1v) is 6.82. The lowest BCUT2D eigenvalue weighted by Gasteiger charge is -2.09. The predicted molar refractivity (Wildman–Crippen MR) is 81.8 cm³/mol. The number of methoxy groups -OCH3 is 1. The van der Waals surface area contributed by atoms with Crippen LogP contribution in [0.2, 0.25) is 5.02 Å². The Kier molecular flexibility index (Phi) is 4.52.